The van der Waals surface area contributed by atoms with E-state index in [1.165, 1.54) is 12.0 Å². The summed E-state index contributed by atoms with van der Waals surface area (Å²) in [6, 6.07) is 6.04. The molecule has 0 aromatic heterocycles. The van der Waals surface area contributed by atoms with E-state index in [9.17, 15) is 4.79 Å². The van der Waals surface area contributed by atoms with Crippen LogP contribution >= 0.6 is 0 Å². The lowest BCUT2D eigenvalue weighted by Crippen LogP contribution is -2.34. The predicted octanol–water partition coefficient (Wildman–Crippen LogP) is 2.41. The van der Waals surface area contributed by atoms with Crippen LogP contribution in [0, 0.1) is 6.92 Å². The molecule has 0 bridgehead atoms. The Morgan fingerprint density at radius 2 is 2.27 bits per heavy atom. The Morgan fingerprint density at radius 3 is 2.87 bits per heavy atom. The molecule has 1 N–H and O–H groups in total. The van der Waals surface area contributed by atoms with E-state index < -0.39 is 0 Å². The molecule has 1 saturated heterocycles. The van der Waals surface area contributed by atoms with Gasteiger partial charge < -0.3 is 5.32 Å². The first-order valence-electron chi connectivity index (χ1n) is 5.47. The monoisotopic (exact) mass is 203 g/mol. The molecule has 1 unspecified atom stereocenters. The lowest BCUT2D eigenvalue weighted by molar-refractivity contribution is 0.112. The van der Waals surface area contributed by atoms with Crippen molar-refractivity contribution in [2.24, 2.45) is 0 Å². The molecule has 80 valence electrons. The summed E-state index contributed by atoms with van der Waals surface area (Å²) in [6.45, 7) is 5.29. The van der Waals surface area contributed by atoms with Crippen LogP contribution in [-0.2, 0) is 5.54 Å². The molecule has 1 aliphatic heterocycles. The van der Waals surface area contributed by atoms with Gasteiger partial charge in [0.2, 0.25) is 0 Å². The van der Waals surface area contributed by atoms with Crippen LogP contribution in [0.2, 0.25) is 0 Å². The molecule has 0 saturated carbocycles. The highest BCUT2D eigenvalue weighted by Gasteiger charge is 2.31. The SMILES string of the molecule is Cc1ccc(C=O)c(C2(C)CCCN2)c1. The Hall–Kier alpha value is -1.15. The minimum absolute atomic E-state index is 0.0116. The van der Waals surface area contributed by atoms with Gasteiger partial charge in [0.05, 0.1) is 0 Å². The van der Waals surface area contributed by atoms with Crippen LogP contribution < -0.4 is 5.32 Å². The maximum Gasteiger partial charge on any atom is 0.150 e. The molecule has 1 fully saturated rings. The Bertz CT molecular complexity index is 378. The second kappa shape index (κ2) is 3.78. The molecule has 0 spiro atoms. The molecule has 1 heterocycles. The molecule has 1 aliphatic rings. The number of nitrogens with one attached hydrogen (secondary N) is 1. The maximum absolute atomic E-state index is 11.0. The molecule has 15 heavy (non-hydrogen) atoms. The topological polar surface area (TPSA) is 29.1 Å². The van der Waals surface area contributed by atoms with Crippen LogP contribution in [0.5, 0.6) is 0 Å². The number of benzene rings is 1. The molecule has 1 aromatic carbocycles. The van der Waals surface area contributed by atoms with Crippen molar-refractivity contribution in [3.05, 3.63) is 34.9 Å². The third-order valence-corrected chi connectivity index (χ3v) is 3.30. The standard InChI is InChI=1S/C13H17NO/c1-10-4-5-11(9-15)12(8-10)13(2)6-3-7-14-13/h4-5,8-9,14H,3,6-7H2,1-2H3. The van der Waals surface area contributed by atoms with Crippen LogP contribution in [0.25, 0.3) is 0 Å². The minimum atomic E-state index is -0.0116. The van der Waals surface area contributed by atoms with Crippen LogP contribution in [0.1, 0.15) is 41.3 Å². The molecular formula is C13H17NO. The number of carbonyl (C=O) groups is 1. The number of carbonyl (C=O) groups excluding carboxylic acids is 1. The molecule has 1 aromatic rings. The fourth-order valence-electron chi connectivity index (χ4n) is 2.38. The average molecular weight is 203 g/mol. The van der Waals surface area contributed by atoms with E-state index in [1.807, 2.05) is 12.1 Å². The van der Waals surface area contributed by atoms with Crippen LogP contribution in [0.15, 0.2) is 18.2 Å². The molecule has 0 radical (unpaired) electrons. The van der Waals surface area contributed by atoms with Gasteiger partial charge in [-0.3, -0.25) is 4.79 Å². The number of rotatable bonds is 2. The highest BCUT2D eigenvalue weighted by Crippen LogP contribution is 2.32. The zero-order valence-corrected chi connectivity index (χ0v) is 9.34. The summed E-state index contributed by atoms with van der Waals surface area (Å²) in [4.78, 5) is 11.0. The van der Waals surface area contributed by atoms with Crippen LogP contribution in [0.4, 0.5) is 0 Å². The van der Waals surface area contributed by atoms with E-state index in [2.05, 4.69) is 25.2 Å². The van der Waals surface area contributed by atoms with Crippen molar-refractivity contribution < 1.29 is 4.79 Å². The van der Waals surface area contributed by atoms with Gasteiger partial charge in [-0.15, -0.1) is 0 Å². The van der Waals surface area contributed by atoms with Gasteiger partial charge in [-0.2, -0.15) is 0 Å². The lowest BCUT2D eigenvalue weighted by atomic mass is 9.86. The molecule has 2 heteroatoms. The number of aryl methyl sites for hydroxylation is 1. The summed E-state index contributed by atoms with van der Waals surface area (Å²) in [5.74, 6) is 0. The van der Waals surface area contributed by atoms with E-state index in [1.54, 1.807) is 0 Å². The van der Waals surface area contributed by atoms with Gasteiger partial charge in [-0.05, 0) is 38.8 Å². The van der Waals surface area contributed by atoms with Gasteiger partial charge in [-0.25, -0.2) is 0 Å². The molecular weight excluding hydrogens is 186 g/mol. The smallest absolute Gasteiger partial charge is 0.150 e. The van der Waals surface area contributed by atoms with Crippen molar-refractivity contribution in [1.82, 2.24) is 5.32 Å². The molecule has 2 nitrogen and oxygen atoms in total. The summed E-state index contributed by atoms with van der Waals surface area (Å²) in [7, 11) is 0. The first kappa shape index (κ1) is 10.4. The van der Waals surface area contributed by atoms with Crippen molar-refractivity contribution in [1.29, 1.82) is 0 Å². The summed E-state index contributed by atoms with van der Waals surface area (Å²) >= 11 is 0. The summed E-state index contributed by atoms with van der Waals surface area (Å²) < 4.78 is 0. The minimum Gasteiger partial charge on any atom is -0.308 e. The van der Waals surface area contributed by atoms with Gasteiger partial charge >= 0.3 is 0 Å². The average Bonchev–Trinajstić information content (AvgIpc) is 2.66. The second-order valence-electron chi connectivity index (χ2n) is 4.57. The van der Waals surface area contributed by atoms with E-state index in [0.29, 0.717) is 0 Å². The maximum atomic E-state index is 11.0. The second-order valence-corrected chi connectivity index (χ2v) is 4.57. The number of aldehydes is 1. The Morgan fingerprint density at radius 1 is 1.47 bits per heavy atom. The van der Waals surface area contributed by atoms with Gasteiger partial charge in [0, 0.05) is 11.1 Å². The van der Waals surface area contributed by atoms with Crippen molar-refractivity contribution in [3.63, 3.8) is 0 Å². The van der Waals surface area contributed by atoms with Gasteiger partial charge in [-0.1, -0.05) is 23.8 Å². The van der Waals surface area contributed by atoms with Crippen molar-refractivity contribution in [2.75, 3.05) is 6.54 Å². The fraction of sp³-hybridized carbons (Fsp3) is 0.462. The fourth-order valence-corrected chi connectivity index (χ4v) is 2.38. The van der Waals surface area contributed by atoms with Crippen molar-refractivity contribution >= 4 is 6.29 Å². The number of hydrogen-bond acceptors (Lipinski definition) is 2. The van der Waals surface area contributed by atoms with Crippen LogP contribution in [0.3, 0.4) is 0 Å². The molecule has 0 aliphatic carbocycles. The third-order valence-electron chi connectivity index (χ3n) is 3.30. The Labute approximate surface area is 90.7 Å². The largest absolute Gasteiger partial charge is 0.308 e. The summed E-state index contributed by atoms with van der Waals surface area (Å²) in [5, 5.41) is 3.49. The normalized spacial score (nSPS) is 25.5. The molecule has 1 atom stereocenters. The Balaban J connectivity index is 2.49. The highest BCUT2D eigenvalue weighted by atomic mass is 16.1. The summed E-state index contributed by atoms with van der Waals surface area (Å²) in [6.07, 6.45) is 3.25. The molecule has 2 rings (SSSR count). The van der Waals surface area contributed by atoms with E-state index in [-0.39, 0.29) is 5.54 Å². The van der Waals surface area contributed by atoms with Gasteiger partial charge in [0.25, 0.3) is 0 Å². The highest BCUT2D eigenvalue weighted by molar-refractivity contribution is 5.78. The van der Waals surface area contributed by atoms with E-state index in [0.717, 1.165) is 30.4 Å². The van der Waals surface area contributed by atoms with Gasteiger partial charge in [0.1, 0.15) is 6.29 Å². The van der Waals surface area contributed by atoms with Crippen molar-refractivity contribution in [2.45, 2.75) is 32.2 Å². The van der Waals surface area contributed by atoms with Crippen molar-refractivity contribution in [3.8, 4) is 0 Å². The number of hydrogen-bond donors (Lipinski definition) is 1. The zero-order valence-electron chi connectivity index (χ0n) is 9.34. The van der Waals surface area contributed by atoms with E-state index >= 15 is 0 Å². The van der Waals surface area contributed by atoms with E-state index in [4.69, 9.17) is 0 Å². The predicted molar refractivity (Wildman–Crippen MR) is 61.2 cm³/mol. The first-order chi connectivity index (χ1) is 7.15. The lowest BCUT2D eigenvalue weighted by Gasteiger charge is -2.26. The van der Waals surface area contributed by atoms with Gasteiger partial charge in [0.15, 0.2) is 0 Å². The quantitative estimate of drug-likeness (QED) is 0.748. The Kier molecular flexibility index (Phi) is 2.61. The summed E-state index contributed by atoms with van der Waals surface area (Å²) in [5.41, 5.74) is 3.17. The molecule has 0 amide bonds. The van der Waals surface area contributed by atoms with Crippen LogP contribution in [-0.4, -0.2) is 12.8 Å². The third kappa shape index (κ3) is 1.82. The zero-order chi connectivity index (χ0) is 10.9. The first-order valence-corrected chi connectivity index (χ1v) is 5.47.